The number of fused-ring (bicyclic) bond motifs is 1. The van der Waals surface area contributed by atoms with Gasteiger partial charge in [-0.25, -0.2) is 9.97 Å². The Balaban J connectivity index is 1.89. The highest BCUT2D eigenvalue weighted by molar-refractivity contribution is 5.71. The van der Waals surface area contributed by atoms with Crippen LogP contribution in [-0.2, 0) is 13.0 Å². The molecule has 2 aromatic heterocycles. The molecule has 3 rings (SSSR count). The maximum atomic E-state index is 4.89. The summed E-state index contributed by atoms with van der Waals surface area (Å²) in [6, 6.07) is 4.07. The van der Waals surface area contributed by atoms with E-state index in [1.54, 1.807) is 0 Å². The van der Waals surface area contributed by atoms with Gasteiger partial charge in [-0.3, -0.25) is 0 Å². The van der Waals surface area contributed by atoms with Crippen LogP contribution in [0.15, 0.2) is 18.3 Å². The van der Waals surface area contributed by atoms with Crippen LogP contribution < -0.4 is 0 Å². The molecule has 3 heterocycles. The fraction of sp³-hybridized carbons (Fsp3) is 0.684. The van der Waals surface area contributed by atoms with Crippen LogP contribution in [0.3, 0.4) is 0 Å². The van der Waals surface area contributed by atoms with Crippen molar-refractivity contribution in [3.63, 3.8) is 0 Å². The molecule has 1 aliphatic heterocycles. The van der Waals surface area contributed by atoms with E-state index in [2.05, 4.69) is 48.2 Å². The van der Waals surface area contributed by atoms with Gasteiger partial charge in [0.2, 0.25) is 0 Å². The zero-order chi connectivity index (χ0) is 16.4. The molecular weight excluding hydrogens is 284 g/mol. The van der Waals surface area contributed by atoms with Crippen molar-refractivity contribution in [2.24, 2.45) is 11.3 Å². The number of likely N-dealkylation sites (tertiary alicyclic amines) is 1. The molecule has 0 bridgehead atoms. The normalized spacial score (nSPS) is 20.3. The minimum Gasteiger partial charge on any atom is -0.312 e. The maximum Gasteiger partial charge on any atom is 0.159 e. The summed E-state index contributed by atoms with van der Waals surface area (Å²) in [4.78, 5) is 12.1. The third kappa shape index (κ3) is 3.92. The monoisotopic (exact) mass is 314 g/mol. The highest BCUT2D eigenvalue weighted by atomic mass is 15.2. The molecule has 0 amide bonds. The van der Waals surface area contributed by atoms with Crippen LogP contribution in [0.25, 0.3) is 11.2 Å². The lowest BCUT2D eigenvalue weighted by molar-refractivity contribution is 0.169. The summed E-state index contributed by atoms with van der Waals surface area (Å²) >= 11 is 0. The van der Waals surface area contributed by atoms with Crippen molar-refractivity contribution in [2.45, 2.75) is 53.5 Å². The lowest BCUT2D eigenvalue weighted by Crippen LogP contribution is -2.37. The molecule has 1 unspecified atom stereocenters. The van der Waals surface area contributed by atoms with Crippen molar-refractivity contribution in [1.82, 2.24) is 19.4 Å². The molecular formula is C19H30N4. The van der Waals surface area contributed by atoms with Gasteiger partial charge in [-0.05, 0) is 49.4 Å². The maximum absolute atomic E-state index is 4.89. The minimum atomic E-state index is 0.237. The molecule has 0 N–H and O–H groups in total. The highest BCUT2D eigenvalue weighted by Crippen LogP contribution is 2.26. The zero-order valence-corrected chi connectivity index (χ0v) is 15.0. The van der Waals surface area contributed by atoms with E-state index in [0.717, 1.165) is 30.7 Å². The lowest BCUT2D eigenvalue weighted by Gasteiger charge is -2.32. The Morgan fingerprint density at radius 2 is 2.13 bits per heavy atom. The van der Waals surface area contributed by atoms with Gasteiger partial charge < -0.3 is 9.47 Å². The smallest absolute Gasteiger partial charge is 0.159 e. The Morgan fingerprint density at radius 1 is 1.30 bits per heavy atom. The molecule has 4 nitrogen and oxygen atoms in total. The molecule has 4 heteroatoms. The second kappa shape index (κ2) is 6.60. The van der Waals surface area contributed by atoms with Gasteiger partial charge in [-0.2, -0.15) is 0 Å². The van der Waals surface area contributed by atoms with E-state index < -0.39 is 0 Å². The van der Waals surface area contributed by atoms with Crippen LogP contribution in [0.5, 0.6) is 0 Å². The van der Waals surface area contributed by atoms with Crippen LogP contribution >= 0.6 is 0 Å². The molecule has 1 aliphatic rings. The average Bonchev–Trinajstić information content (AvgIpc) is 2.83. The van der Waals surface area contributed by atoms with Crippen molar-refractivity contribution in [2.75, 3.05) is 19.6 Å². The Kier molecular flexibility index (Phi) is 4.72. The average molecular weight is 314 g/mol. The SMILES string of the molecule is CCN1CCCC(Cn2c(CC(C)(C)C)nc3cccnc32)C1. The van der Waals surface area contributed by atoms with Gasteiger partial charge in [-0.15, -0.1) is 0 Å². The van der Waals surface area contributed by atoms with Gasteiger partial charge in [0, 0.05) is 25.7 Å². The first-order chi connectivity index (χ1) is 11.0. The third-order valence-corrected chi connectivity index (χ3v) is 4.76. The predicted octanol–water partition coefficient (Wildman–Crippen LogP) is 3.75. The number of nitrogens with zero attached hydrogens (tertiary/aromatic N) is 4. The molecule has 0 aliphatic carbocycles. The second-order valence-corrected chi connectivity index (χ2v) is 8.12. The minimum absolute atomic E-state index is 0.237. The second-order valence-electron chi connectivity index (χ2n) is 8.12. The first kappa shape index (κ1) is 16.4. The third-order valence-electron chi connectivity index (χ3n) is 4.76. The van der Waals surface area contributed by atoms with E-state index in [1.165, 1.54) is 31.8 Å². The molecule has 0 aromatic carbocycles. The van der Waals surface area contributed by atoms with Crippen LogP contribution in [0.1, 0.15) is 46.4 Å². The molecule has 1 saturated heterocycles. The Morgan fingerprint density at radius 3 is 2.87 bits per heavy atom. The van der Waals surface area contributed by atoms with Crippen LogP contribution in [0.4, 0.5) is 0 Å². The molecule has 126 valence electrons. The molecule has 0 spiro atoms. The molecule has 2 aromatic rings. The number of pyridine rings is 1. The first-order valence-electron chi connectivity index (χ1n) is 8.99. The zero-order valence-electron chi connectivity index (χ0n) is 15.0. The summed E-state index contributed by atoms with van der Waals surface area (Å²) in [7, 11) is 0. The number of hydrogen-bond acceptors (Lipinski definition) is 3. The summed E-state index contributed by atoms with van der Waals surface area (Å²) in [6.45, 7) is 13.8. The van der Waals surface area contributed by atoms with Crippen molar-refractivity contribution in [1.29, 1.82) is 0 Å². The van der Waals surface area contributed by atoms with Gasteiger partial charge in [0.1, 0.15) is 11.3 Å². The number of imidazole rings is 1. The first-order valence-corrected chi connectivity index (χ1v) is 8.99. The van der Waals surface area contributed by atoms with E-state index in [1.807, 2.05) is 12.3 Å². The lowest BCUT2D eigenvalue weighted by atomic mass is 9.91. The molecule has 1 fully saturated rings. The van der Waals surface area contributed by atoms with E-state index >= 15 is 0 Å². The highest BCUT2D eigenvalue weighted by Gasteiger charge is 2.23. The molecule has 0 saturated carbocycles. The summed E-state index contributed by atoms with van der Waals surface area (Å²) in [6.07, 6.45) is 5.51. The molecule has 1 atom stereocenters. The van der Waals surface area contributed by atoms with Gasteiger partial charge in [0.15, 0.2) is 5.65 Å². The summed E-state index contributed by atoms with van der Waals surface area (Å²) in [5.41, 5.74) is 2.33. The molecule has 23 heavy (non-hydrogen) atoms. The summed E-state index contributed by atoms with van der Waals surface area (Å²) in [5, 5.41) is 0. The summed E-state index contributed by atoms with van der Waals surface area (Å²) < 4.78 is 2.39. The number of piperidine rings is 1. The predicted molar refractivity (Wildman–Crippen MR) is 95.5 cm³/mol. The van der Waals surface area contributed by atoms with E-state index in [4.69, 9.17) is 4.98 Å². The van der Waals surface area contributed by atoms with Crippen LogP contribution in [-0.4, -0.2) is 39.1 Å². The Bertz CT molecular complexity index is 653. The fourth-order valence-electron chi connectivity index (χ4n) is 3.65. The Labute approximate surface area is 139 Å². The van der Waals surface area contributed by atoms with Gasteiger partial charge in [0.05, 0.1) is 0 Å². The molecule has 0 radical (unpaired) electrons. The Hall–Kier alpha value is -1.42. The van der Waals surface area contributed by atoms with E-state index in [0.29, 0.717) is 5.92 Å². The van der Waals surface area contributed by atoms with E-state index in [-0.39, 0.29) is 5.41 Å². The number of hydrogen-bond donors (Lipinski definition) is 0. The quantitative estimate of drug-likeness (QED) is 0.862. The standard InChI is InChI=1S/C19H30N4/c1-5-22-11-7-8-15(13-22)14-23-17(12-19(2,3)4)21-16-9-6-10-20-18(16)23/h6,9-10,15H,5,7-8,11-14H2,1-4H3. The summed E-state index contributed by atoms with van der Waals surface area (Å²) in [5.74, 6) is 1.90. The fourth-order valence-corrected chi connectivity index (χ4v) is 3.65. The van der Waals surface area contributed by atoms with Crippen LogP contribution in [0, 0.1) is 11.3 Å². The van der Waals surface area contributed by atoms with Crippen LogP contribution in [0.2, 0.25) is 0 Å². The number of aromatic nitrogens is 3. The number of rotatable bonds is 4. The topological polar surface area (TPSA) is 34.0 Å². The van der Waals surface area contributed by atoms with Gasteiger partial charge >= 0.3 is 0 Å². The largest absolute Gasteiger partial charge is 0.312 e. The van der Waals surface area contributed by atoms with Crippen molar-refractivity contribution in [3.05, 3.63) is 24.2 Å². The van der Waals surface area contributed by atoms with Crippen molar-refractivity contribution in [3.8, 4) is 0 Å². The van der Waals surface area contributed by atoms with E-state index in [9.17, 15) is 0 Å². The van der Waals surface area contributed by atoms with Crippen molar-refractivity contribution >= 4 is 11.2 Å². The van der Waals surface area contributed by atoms with Gasteiger partial charge in [0.25, 0.3) is 0 Å². The van der Waals surface area contributed by atoms with Gasteiger partial charge in [-0.1, -0.05) is 27.7 Å². The van der Waals surface area contributed by atoms with Crippen molar-refractivity contribution < 1.29 is 0 Å².